The van der Waals surface area contributed by atoms with Crippen molar-refractivity contribution in [1.29, 1.82) is 0 Å². The first-order chi connectivity index (χ1) is 4.33. The number of rotatable bonds is 3. The van der Waals surface area contributed by atoms with Crippen molar-refractivity contribution in [2.45, 2.75) is 25.6 Å². The van der Waals surface area contributed by atoms with E-state index >= 15 is 0 Å². The molecule has 1 unspecified atom stereocenters. The second-order valence-corrected chi connectivity index (χ2v) is 7.36. The van der Waals surface area contributed by atoms with Crippen LogP contribution in [0.3, 0.4) is 0 Å². The molecule has 0 aromatic carbocycles. The molecular weight excluding hydrogens is 168 g/mol. The van der Waals surface area contributed by atoms with E-state index in [4.69, 9.17) is 4.55 Å². The van der Waals surface area contributed by atoms with Gasteiger partial charge in [0.1, 0.15) is 0 Å². The van der Waals surface area contributed by atoms with Crippen molar-refractivity contribution >= 4 is 18.9 Å². The van der Waals surface area contributed by atoms with Gasteiger partial charge in [-0.3, -0.25) is 4.55 Å². The Morgan fingerprint density at radius 3 is 2.00 bits per heavy atom. The predicted octanol–water partition coefficient (Wildman–Crippen LogP) is 1.02. The van der Waals surface area contributed by atoms with Crippen molar-refractivity contribution < 1.29 is 13.0 Å². The van der Waals surface area contributed by atoms with Crippen LogP contribution in [0, 0.1) is 0 Å². The van der Waals surface area contributed by atoms with Crippen molar-refractivity contribution in [3.63, 3.8) is 0 Å². The minimum absolute atomic E-state index is 0.0890. The quantitative estimate of drug-likeness (QED) is 0.522. The highest BCUT2D eigenvalue weighted by Gasteiger charge is 2.15. The van der Waals surface area contributed by atoms with Gasteiger partial charge in [-0.2, -0.15) is 8.42 Å². The molecule has 61 valence electrons. The standard InChI is InChI=1S/C5H13O3SSi/c1-5(10(2)3)4-9(6,7)8/h5H,4H2,1-3H3,(H,6,7,8). The zero-order chi connectivity index (χ0) is 8.36. The van der Waals surface area contributed by atoms with Gasteiger partial charge in [-0.05, 0) is 5.54 Å². The Balaban J connectivity index is 3.93. The van der Waals surface area contributed by atoms with Crippen LogP contribution in [0.4, 0.5) is 0 Å². The zero-order valence-electron chi connectivity index (χ0n) is 6.46. The molecule has 10 heavy (non-hydrogen) atoms. The first kappa shape index (κ1) is 10.1. The van der Waals surface area contributed by atoms with Crippen LogP contribution in [0.25, 0.3) is 0 Å². The highest BCUT2D eigenvalue weighted by atomic mass is 32.2. The molecule has 0 saturated heterocycles. The van der Waals surface area contributed by atoms with Crippen LogP contribution in [-0.2, 0) is 10.1 Å². The van der Waals surface area contributed by atoms with E-state index < -0.39 is 18.9 Å². The lowest BCUT2D eigenvalue weighted by Gasteiger charge is -2.10. The van der Waals surface area contributed by atoms with Gasteiger partial charge < -0.3 is 0 Å². The highest BCUT2D eigenvalue weighted by molar-refractivity contribution is 7.85. The maximum Gasteiger partial charge on any atom is 0.264 e. The molecule has 1 N–H and O–H groups in total. The van der Waals surface area contributed by atoms with E-state index in [1.165, 1.54) is 0 Å². The molecule has 1 atom stereocenters. The van der Waals surface area contributed by atoms with Gasteiger partial charge in [0, 0.05) is 8.80 Å². The summed E-state index contributed by atoms with van der Waals surface area (Å²) in [6.07, 6.45) is 0. The summed E-state index contributed by atoms with van der Waals surface area (Å²) in [4.78, 5) is 0. The van der Waals surface area contributed by atoms with Crippen LogP contribution in [0.2, 0.25) is 18.6 Å². The van der Waals surface area contributed by atoms with Crippen LogP contribution in [-0.4, -0.2) is 27.5 Å². The van der Waals surface area contributed by atoms with Gasteiger partial charge in [-0.25, -0.2) is 0 Å². The second-order valence-electron chi connectivity index (χ2n) is 2.73. The molecule has 0 amide bonds. The first-order valence-electron chi connectivity index (χ1n) is 3.08. The van der Waals surface area contributed by atoms with Crippen LogP contribution >= 0.6 is 0 Å². The summed E-state index contributed by atoms with van der Waals surface area (Å²) < 4.78 is 29.1. The molecule has 0 aliphatic carbocycles. The summed E-state index contributed by atoms with van der Waals surface area (Å²) in [5, 5.41) is 0. The van der Waals surface area contributed by atoms with Crippen LogP contribution in [0.1, 0.15) is 6.92 Å². The molecule has 0 aliphatic heterocycles. The molecule has 0 spiro atoms. The second kappa shape index (κ2) is 3.50. The van der Waals surface area contributed by atoms with Gasteiger partial charge in [-0.1, -0.05) is 20.0 Å². The van der Waals surface area contributed by atoms with Gasteiger partial charge in [0.25, 0.3) is 10.1 Å². The van der Waals surface area contributed by atoms with E-state index in [0.717, 1.165) is 0 Å². The fourth-order valence-electron chi connectivity index (χ4n) is 0.483. The molecule has 0 heterocycles. The topological polar surface area (TPSA) is 54.4 Å². The van der Waals surface area contributed by atoms with Crippen molar-refractivity contribution in [3.8, 4) is 0 Å². The van der Waals surface area contributed by atoms with Gasteiger partial charge in [0.2, 0.25) is 0 Å². The third-order valence-electron chi connectivity index (χ3n) is 1.45. The van der Waals surface area contributed by atoms with Gasteiger partial charge in [-0.15, -0.1) is 0 Å². The molecule has 0 aromatic rings. The summed E-state index contributed by atoms with van der Waals surface area (Å²) >= 11 is 0. The van der Waals surface area contributed by atoms with E-state index in [-0.39, 0.29) is 11.3 Å². The fourth-order valence-corrected chi connectivity index (χ4v) is 3.08. The van der Waals surface area contributed by atoms with Crippen molar-refractivity contribution in [1.82, 2.24) is 0 Å². The molecule has 0 fully saturated rings. The van der Waals surface area contributed by atoms with Crippen molar-refractivity contribution in [2.75, 3.05) is 5.75 Å². The lowest BCUT2D eigenvalue weighted by atomic mass is 10.6. The number of hydrogen-bond donors (Lipinski definition) is 1. The smallest absolute Gasteiger partial charge is 0.264 e. The van der Waals surface area contributed by atoms with E-state index in [1.807, 2.05) is 20.0 Å². The van der Waals surface area contributed by atoms with Crippen molar-refractivity contribution in [2.24, 2.45) is 0 Å². The highest BCUT2D eigenvalue weighted by Crippen LogP contribution is 2.10. The molecule has 0 saturated carbocycles. The van der Waals surface area contributed by atoms with Crippen LogP contribution < -0.4 is 0 Å². The number of hydrogen-bond acceptors (Lipinski definition) is 2. The predicted molar refractivity (Wildman–Crippen MR) is 43.3 cm³/mol. The lowest BCUT2D eigenvalue weighted by Crippen LogP contribution is -2.18. The molecule has 0 bridgehead atoms. The fraction of sp³-hybridized carbons (Fsp3) is 1.00. The molecule has 0 rings (SSSR count). The van der Waals surface area contributed by atoms with E-state index in [0.29, 0.717) is 0 Å². The molecule has 1 radical (unpaired) electrons. The summed E-state index contributed by atoms with van der Waals surface area (Å²) in [6, 6.07) is 0. The van der Waals surface area contributed by atoms with Crippen LogP contribution in [0.15, 0.2) is 0 Å². The Kier molecular flexibility index (Phi) is 3.54. The largest absolute Gasteiger partial charge is 0.286 e. The Morgan fingerprint density at radius 1 is 1.50 bits per heavy atom. The molecular formula is C5H13O3SSi. The maximum atomic E-state index is 10.3. The minimum atomic E-state index is -3.74. The summed E-state index contributed by atoms with van der Waals surface area (Å²) in [5.74, 6) is -0.0890. The molecule has 5 heteroatoms. The Bertz CT molecular complexity index is 185. The molecule has 3 nitrogen and oxygen atoms in total. The summed E-state index contributed by atoms with van der Waals surface area (Å²) in [6.45, 7) is 5.91. The monoisotopic (exact) mass is 181 g/mol. The third kappa shape index (κ3) is 4.96. The third-order valence-corrected chi connectivity index (χ3v) is 4.84. The maximum absolute atomic E-state index is 10.3. The molecule has 0 aromatic heterocycles. The SMILES string of the molecule is CC(CS(=O)(=O)O)[Si](C)C. The van der Waals surface area contributed by atoms with Crippen LogP contribution in [0.5, 0.6) is 0 Å². The summed E-state index contributed by atoms with van der Waals surface area (Å²) in [7, 11) is -4.33. The van der Waals surface area contributed by atoms with Gasteiger partial charge >= 0.3 is 0 Å². The van der Waals surface area contributed by atoms with Crippen molar-refractivity contribution in [3.05, 3.63) is 0 Å². The van der Waals surface area contributed by atoms with E-state index in [1.54, 1.807) is 0 Å². The average molecular weight is 181 g/mol. The lowest BCUT2D eigenvalue weighted by molar-refractivity contribution is 0.482. The van der Waals surface area contributed by atoms with Gasteiger partial charge in [0.15, 0.2) is 0 Å². The van der Waals surface area contributed by atoms with E-state index in [9.17, 15) is 8.42 Å². The minimum Gasteiger partial charge on any atom is -0.286 e. The molecule has 0 aliphatic rings. The van der Waals surface area contributed by atoms with E-state index in [2.05, 4.69) is 0 Å². The average Bonchev–Trinajstić information content (AvgIpc) is 1.60. The zero-order valence-corrected chi connectivity index (χ0v) is 8.27. The Morgan fingerprint density at radius 2 is 1.90 bits per heavy atom. The summed E-state index contributed by atoms with van der Waals surface area (Å²) in [5.41, 5.74) is 0.125. The van der Waals surface area contributed by atoms with Gasteiger partial charge in [0.05, 0.1) is 5.75 Å². The first-order valence-corrected chi connectivity index (χ1v) is 7.27. The Labute approximate surface area is 63.8 Å². The normalized spacial score (nSPS) is 15.7. The Hall–Kier alpha value is 0.127.